The van der Waals surface area contributed by atoms with Crippen molar-refractivity contribution >= 4 is 11.9 Å². The van der Waals surface area contributed by atoms with Gasteiger partial charge in [-0.3, -0.25) is 4.98 Å². The van der Waals surface area contributed by atoms with Gasteiger partial charge in [-0.15, -0.1) is 0 Å². The van der Waals surface area contributed by atoms with Crippen molar-refractivity contribution in [1.29, 1.82) is 0 Å². The summed E-state index contributed by atoms with van der Waals surface area (Å²) in [6, 6.07) is 0. The summed E-state index contributed by atoms with van der Waals surface area (Å²) in [5.41, 5.74) is 8.32. The zero-order valence-electron chi connectivity index (χ0n) is 9.81. The number of hydrogen-bond donors (Lipinski definition) is 2. The maximum absolute atomic E-state index is 10.9. The first-order valence-electron chi connectivity index (χ1n) is 5.73. The van der Waals surface area contributed by atoms with E-state index in [1.54, 1.807) is 0 Å². The van der Waals surface area contributed by atoms with Gasteiger partial charge < -0.3 is 15.7 Å². The van der Waals surface area contributed by atoms with Crippen molar-refractivity contribution in [3.05, 3.63) is 17.1 Å². The molecule has 0 saturated carbocycles. The highest BCUT2D eigenvalue weighted by Crippen LogP contribution is 2.16. The Kier molecular flexibility index (Phi) is 3.12. The highest BCUT2D eigenvalue weighted by molar-refractivity contribution is 5.65. The predicted octanol–water partition coefficient (Wildman–Crippen LogP) is 0.700. The molecule has 1 amide bonds. The second kappa shape index (κ2) is 4.57. The number of carbonyl (C=O) groups is 1. The van der Waals surface area contributed by atoms with E-state index in [2.05, 4.69) is 9.97 Å². The number of nitrogens with zero attached hydrogens (tertiary/aromatic N) is 3. The van der Waals surface area contributed by atoms with Crippen LogP contribution in [-0.4, -0.2) is 39.2 Å². The second-order valence-electron chi connectivity index (χ2n) is 4.07. The number of carboxylic acid groups (broad SMARTS) is 1. The third kappa shape index (κ3) is 2.30. The van der Waals surface area contributed by atoms with Crippen molar-refractivity contribution in [3.8, 4) is 0 Å². The molecule has 2 heterocycles. The van der Waals surface area contributed by atoms with Gasteiger partial charge in [0.1, 0.15) is 5.82 Å². The average molecular weight is 236 g/mol. The zero-order valence-corrected chi connectivity index (χ0v) is 9.81. The van der Waals surface area contributed by atoms with Crippen molar-refractivity contribution in [2.24, 2.45) is 0 Å². The summed E-state index contributed by atoms with van der Waals surface area (Å²) in [5, 5.41) is 8.96. The van der Waals surface area contributed by atoms with Gasteiger partial charge in [0.25, 0.3) is 0 Å². The Bertz CT molecular complexity index is 447. The molecule has 0 bridgehead atoms. The Labute approximate surface area is 99.5 Å². The van der Waals surface area contributed by atoms with E-state index in [-0.39, 0.29) is 0 Å². The molecule has 0 saturated heterocycles. The van der Waals surface area contributed by atoms with Gasteiger partial charge in [-0.25, -0.2) is 9.78 Å². The van der Waals surface area contributed by atoms with Gasteiger partial charge in [0.15, 0.2) is 0 Å². The van der Waals surface area contributed by atoms with Crippen molar-refractivity contribution in [1.82, 2.24) is 14.9 Å². The molecule has 1 aliphatic heterocycles. The Morgan fingerprint density at radius 1 is 1.35 bits per heavy atom. The minimum absolute atomic E-state index is 0.460. The lowest BCUT2D eigenvalue weighted by Crippen LogP contribution is -2.31. The van der Waals surface area contributed by atoms with Crippen molar-refractivity contribution in [2.45, 2.75) is 26.2 Å². The van der Waals surface area contributed by atoms with Crippen LogP contribution in [0.5, 0.6) is 0 Å². The SMILES string of the molecule is CCc1nc2c(nc1N)CCN(C(=O)O)CC2. The number of aromatic nitrogens is 2. The van der Waals surface area contributed by atoms with Gasteiger partial charge in [0.05, 0.1) is 17.1 Å². The fraction of sp³-hybridized carbons (Fsp3) is 0.545. The van der Waals surface area contributed by atoms with Crippen molar-refractivity contribution in [2.75, 3.05) is 18.8 Å². The van der Waals surface area contributed by atoms with E-state index < -0.39 is 6.09 Å². The summed E-state index contributed by atoms with van der Waals surface area (Å²) >= 11 is 0. The first-order valence-corrected chi connectivity index (χ1v) is 5.73. The van der Waals surface area contributed by atoms with Gasteiger partial charge in [0, 0.05) is 25.9 Å². The summed E-state index contributed by atoms with van der Waals surface area (Å²) < 4.78 is 0. The fourth-order valence-electron chi connectivity index (χ4n) is 2.00. The van der Waals surface area contributed by atoms with Crippen LogP contribution < -0.4 is 5.73 Å². The molecule has 1 aromatic rings. The lowest BCUT2D eigenvalue weighted by Gasteiger charge is -2.14. The minimum atomic E-state index is -0.888. The molecule has 1 aromatic heterocycles. The van der Waals surface area contributed by atoms with Crippen molar-refractivity contribution in [3.63, 3.8) is 0 Å². The van der Waals surface area contributed by atoms with Crippen LogP contribution in [0.15, 0.2) is 0 Å². The second-order valence-corrected chi connectivity index (χ2v) is 4.07. The Morgan fingerprint density at radius 3 is 2.47 bits per heavy atom. The molecule has 0 spiro atoms. The molecule has 17 heavy (non-hydrogen) atoms. The van der Waals surface area contributed by atoms with Crippen LogP contribution in [0.25, 0.3) is 0 Å². The standard InChI is InChI=1S/C11H16N4O2/c1-2-7-10(12)14-9-4-6-15(11(16)17)5-3-8(9)13-7/h2-6H2,1H3,(H2,12,14)(H,16,17). The van der Waals surface area contributed by atoms with Gasteiger partial charge >= 0.3 is 6.09 Å². The molecule has 92 valence electrons. The summed E-state index contributed by atoms with van der Waals surface area (Å²) in [6.45, 7) is 2.92. The Hall–Kier alpha value is -1.85. The Balaban J connectivity index is 2.28. The quantitative estimate of drug-likeness (QED) is 0.748. The molecule has 1 aliphatic rings. The highest BCUT2D eigenvalue weighted by Gasteiger charge is 2.20. The van der Waals surface area contributed by atoms with Crippen LogP contribution >= 0.6 is 0 Å². The summed E-state index contributed by atoms with van der Waals surface area (Å²) in [6.07, 6.45) is 1.06. The first kappa shape index (κ1) is 11.6. The summed E-state index contributed by atoms with van der Waals surface area (Å²) in [5.74, 6) is 0.468. The molecule has 6 nitrogen and oxygen atoms in total. The molecule has 3 N–H and O–H groups in total. The fourth-order valence-corrected chi connectivity index (χ4v) is 2.00. The predicted molar refractivity (Wildman–Crippen MR) is 62.8 cm³/mol. The first-order chi connectivity index (χ1) is 8.11. The normalized spacial score (nSPS) is 15.2. The molecule has 0 aromatic carbocycles. The molecular weight excluding hydrogens is 220 g/mol. The molecule has 0 unspecified atom stereocenters. The maximum Gasteiger partial charge on any atom is 0.407 e. The van der Waals surface area contributed by atoms with E-state index in [0.29, 0.717) is 31.7 Å². The Morgan fingerprint density at radius 2 is 1.94 bits per heavy atom. The van der Waals surface area contributed by atoms with Crippen LogP contribution in [0.3, 0.4) is 0 Å². The molecule has 0 atom stereocenters. The molecule has 0 aliphatic carbocycles. The van der Waals surface area contributed by atoms with Crippen LogP contribution in [0, 0.1) is 0 Å². The van der Waals surface area contributed by atoms with Crippen LogP contribution in [0.2, 0.25) is 0 Å². The van der Waals surface area contributed by atoms with Crippen LogP contribution in [0.4, 0.5) is 10.6 Å². The topological polar surface area (TPSA) is 92.3 Å². The minimum Gasteiger partial charge on any atom is -0.465 e. The molecule has 6 heteroatoms. The number of rotatable bonds is 1. The van der Waals surface area contributed by atoms with E-state index in [9.17, 15) is 4.79 Å². The highest BCUT2D eigenvalue weighted by atomic mass is 16.4. The summed E-state index contributed by atoms with van der Waals surface area (Å²) in [4.78, 5) is 21.1. The number of hydrogen-bond acceptors (Lipinski definition) is 4. The van der Waals surface area contributed by atoms with Gasteiger partial charge in [-0.05, 0) is 6.42 Å². The number of fused-ring (bicyclic) bond motifs is 1. The molecule has 0 fully saturated rings. The number of anilines is 1. The van der Waals surface area contributed by atoms with E-state index in [0.717, 1.165) is 23.5 Å². The monoisotopic (exact) mass is 236 g/mol. The van der Waals surface area contributed by atoms with E-state index in [1.807, 2.05) is 6.92 Å². The lowest BCUT2D eigenvalue weighted by molar-refractivity contribution is 0.147. The third-order valence-electron chi connectivity index (χ3n) is 3.00. The number of amides is 1. The maximum atomic E-state index is 10.9. The van der Waals surface area contributed by atoms with E-state index in [4.69, 9.17) is 10.8 Å². The van der Waals surface area contributed by atoms with E-state index >= 15 is 0 Å². The van der Waals surface area contributed by atoms with Gasteiger partial charge in [0.2, 0.25) is 0 Å². The third-order valence-corrected chi connectivity index (χ3v) is 3.00. The van der Waals surface area contributed by atoms with Gasteiger partial charge in [-0.1, -0.05) is 6.92 Å². The molecule has 2 rings (SSSR count). The number of nitrogen functional groups attached to an aromatic ring is 1. The smallest absolute Gasteiger partial charge is 0.407 e. The van der Waals surface area contributed by atoms with Crippen LogP contribution in [0.1, 0.15) is 24.0 Å². The van der Waals surface area contributed by atoms with E-state index in [1.165, 1.54) is 4.90 Å². The van der Waals surface area contributed by atoms with Gasteiger partial charge in [-0.2, -0.15) is 0 Å². The molecular formula is C11H16N4O2. The number of aryl methyl sites for hydroxylation is 1. The lowest BCUT2D eigenvalue weighted by atomic mass is 10.2. The zero-order chi connectivity index (χ0) is 12.4. The summed E-state index contributed by atoms with van der Waals surface area (Å²) in [7, 11) is 0. The van der Waals surface area contributed by atoms with Crippen LogP contribution in [-0.2, 0) is 19.3 Å². The largest absolute Gasteiger partial charge is 0.465 e. The average Bonchev–Trinajstić information content (AvgIpc) is 2.50. The van der Waals surface area contributed by atoms with Crippen molar-refractivity contribution < 1.29 is 9.90 Å². The number of nitrogens with two attached hydrogens (primary N) is 1. The molecule has 0 radical (unpaired) electrons.